The summed E-state index contributed by atoms with van der Waals surface area (Å²) in [6, 6.07) is 0. The van der Waals surface area contributed by atoms with Gasteiger partial charge in [-0.1, -0.05) is 12.8 Å². The lowest BCUT2D eigenvalue weighted by Crippen LogP contribution is -2.57. The van der Waals surface area contributed by atoms with Gasteiger partial charge in [0.1, 0.15) is 0 Å². The van der Waals surface area contributed by atoms with Crippen LogP contribution in [0.1, 0.15) is 25.7 Å². The fraction of sp³-hybridized carbons (Fsp3) is 0.923. The van der Waals surface area contributed by atoms with Crippen molar-refractivity contribution < 1.29 is 0 Å². The van der Waals surface area contributed by atoms with Crippen LogP contribution in [0, 0.1) is 0 Å². The maximum atomic E-state index is 4.22. The number of guanidine groups is 1. The molecule has 112 valence electrons. The van der Waals surface area contributed by atoms with Crippen molar-refractivity contribution in [1.29, 1.82) is 0 Å². The highest BCUT2D eigenvalue weighted by atomic mass is 127. The number of nitrogens with zero attached hydrogens (tertiary/aromatic N) is 2. The molecule has 2 N–H and O–H groups in total. The minimum absolute atomic E-state index is 0. The van der Waals surface area contributed by atoms with Gasteiger partial charge in [-0.05, 0) is 12.8 Å². The molecule has 1 aliphatic carbocycles. The molecule has 2 fully saturated rings. The van der Waals surface area contributed by atoms with Crippen LogP contribution in [0.25, 0.3) is 0 Å². The quantitative estimate of drug-likeness (QED) is 0.432. The molecule has 0 spiro atoms. The molecule has 0 radical (unpaired) electrons. The molecule has 0 amide bonds. The van der Waals surface area contributed by atoms with Crippen molar-refractivity contribution in [3.8, 4) is 0 Å². The summed E-state index contributed by atoms with van der Waals surface area (Å²) in [7, 11) is 3.76. The summed E-state index contributed by atoms with van der Waals surface area (Å²) in [6.45, 7) is 3.54. The minimum atomic E-state index is 0. The van der Waals surface area contributed by atoms with Gasteiger partial charge in [0.25, 0.3) is 0 Å². The highest BCUT2D eigenvalue weighted by Gasteiger charge is 2.39. The van der Waals surface area contributed by atoms with Gasteiger partial charge in [0, 0.05) is 50.8 Å². The molecule has 1 saturated heterocycles. The van der Waals surface area contributed by atoms with Crippen molar-refractivity contribution in [2.75, 3.05) is 45.2 Å². The first-order chi connectivity index (χ1) is 8.80. The van der Waals surface area contributed by atoms with Crippen LogP contribution in [0.5, 0.6) is 0 Å². The third-order valence-corrected chi connectivity index (χ3v) is 5.20. The first-order valence-electron chi connectivity index (χ1n) is 7.02. The maximum absolute atomic E-state index is 4.22. The Bertz CT molecular complexity index is 286. The van der Waals surface area contributed by atoms with E-state index in [2.05, 4.69) is 32.3 Å². The summed E-state index contributed by atoms with van der Waals surface area (Å²) in [5.74, 6) is 3.50. The van der Waals surface area contributed by atoms with Gasteiger partial charge in [0.2, 0.25) is 0 Å². The smallest absolute Gasteiger partial charge is 0.190 e. The number of halogens is 1. The number of thioether (sulfide) groups is 1. The molecule has 0 atom stereocenters. The van der Waals surface area contributed by atoms with E-state index in [-0.39, 0.29) is 24.0 Å². The van der Waals surface area contributed by atoms with Gasteiger partial charge < -0.3 is 10.6 Å². The second kappa shape index (κ2) is 8.56. The van der Waals surface area contributed by atoms with E-state index in [1.54, 1.807) is 0 Å². The van der Waals surface area contributed by atoms with E-state index < -0.39 is 0 Å². The first kappa shape index (κ1) is 17.4. The predicted octanol–water partition coefficient (Wildman–Crippen LogP) is 1.76. The van der Waals surface area contributed by atoms with E-state index >= 15 is 0 Å². The molecule has 0 aromatic carbocycles. The van der Waals surface area contributed by atoms with Crippen LogP contribution in [0.3, 0.4) is 0 Å². The Morgan fingerprint density at radius 2 is 1.89 bits per heavy atom. The number of hydrogen-bond acceptors (Lipinski definition) is 3. The normalized spacial score (nSPS) is 23.8. The molecule has 1 aliphatic heterocycles. The Morgan fingerprint density at radius 1 is 1.26 bits per heavy atom. The Hall–Kier alpha value is 0.310. The first-order valence-corrected chi connectivity index (χ1v) is 8.17. The van der Waals surface area contributed by atoms with E-state index in [4.69, 9.17) is 0 Å². The average molecular weight is 398 g/mol. The van der Waals surface area contributed by atoms with E-state index in [1.807, 2.05) is 14.1 Å². The van der Waals surface area contributed by atoms with Gasteiger partial charge in [0.05, 0.1) is 0 Å². The minimum Gasteiger partial charge on any atom is -0.359 e. The fourth-order valence-corrected chi connectivity index (χ4v) is 4.11. The van der Waals surface area contributed by atoms with Gasteiger partial charge in [0.15, 0.2) is 5.96 Å². The Kier molecular flexibility index (Phi) is 7.83. The van der Waals surface area contributed by atoms with E-state index in [1.165, 1.54) is 50.3 Å². The highest BCUT2D eigenvalue weighted by Crippen LogP contribution is 2.36. The van der Waals surface area contributed by atoms with Crippen LogP contribution in [0.2, 0.25) is 0 Å². The zero-order valence-electron chi connectivity index (χ0n) is 12.1. The maximum Gasteiger partial charge on any atom is 0.190 e. The molecule has 0 unspecified atom stereocenters. The van der Waals surface area contributed by atoms with Crippen molar-refractivity contribution in [3.05, 3.63) is 0 Å². The van der Waals surface area contributed by atoms with Crippen LogP contribution < -0.4 is 10.6 Å². The largest absolute Gasteiger partial charge is 0.359 e. The molecule has 1 heterocycles. The Morgan fingerprint density at radius 3 is 2.42 bits per heavy atom. The van der Waals surface area contributed by atoms with Crippen molar-refractivity contribution in [1.82, 2.24) is 15.5 Å². The van der Waals surface area contributed by atoms with Gasteiger partial charge in [-0.25, -0.2) is 0 Å². The van der Waals surface area contributed by atoms with Crippen LogP contribution in [0.15, 0.2) is 4.99 Å². The van der Waals surface area contributed by atoms with Crippen molar-refractivity contribution >= 4 is 41.7 Å². The van der Waals surface area contributed by atoms with Crippen LogP contribution in [-0.2, 0) is 0 Å². The van der Waals surface area contributed by atoms with Crippen molar-refractivity contribution in [3.63, 3.8) is 0 Å². The zero-order chi connectivity index (χ0) is 12.8. The molecule has 4 nitrogen and oxygen atoms in total. The Balaban J connectivity index is 0.00000180. The fourth-order valence-electron chi connectivity index (χ4n) is 3.20. The van der Waals surface area contributed by atoms with Gasteiger partial charge in [-0.2, -0.15) is 11.8 Å². The van der Waals surface area contributed by atoms with Crippen molar-refractivity contribution in [2.45, 2.75) is 31.2 Å². The topological polar surface area (TPSA) is 39.7 Å². The summed E-state index contributed by atoms with van der Waals surface area (Å²) >= 11 is 2.09. The lowest BCUT2D eigenvalue weighted by Gasteiger charge is -2.43. The highest BCUT2D eigenvalue weighted by molar-refractivity contribution is 14.0. The zero-order valence-corrected chi connectivity index (χ0v) is 15.2. The monoisotopic (exact) mass is 398 g/mol. The molecule has 1 saturated carbocycles. The third-order valence-electron chi connectivity index (χ3n) is 4.26. The lowest BCUT2D eigenvalue weighted by atomic mass is 9.94. The number of aliphatic imine (C=N–C) groups is 1. The summed E-state index contributed by atoms with van der Waals surface area (Å²) in [4.78, 5) is 6.94. The number of nitrogens with one attached hydrogen (secondary N) is 2. The molecular formula is C13H27IN4S. The standard InChI is InChI=1S/C13H26N4S.HI/c1-14-12(15-2)16-11-13(5-3-4-6-13)17-7-9-18-10-8-17;/h3-11H2,1-2H3,(H2,14,15,16);1H. The lowest BCUT2D eigenvalue weighted by molar-refractivity contribution is 0.107. The second-order valence-electron chi connectivity index (χ2n) is 5.21. The predicted molar refractivity (Wildman–Crippen MR) is 95.9 cm³/mol. The van der Waals surface area contributed by atoms with Crippen LogP contribution in [-0.4, -0.2) is 61.6 Å². The molecule has 2 rings (SSSR count). The average Bonchev–Trinajstić information content (AvgIpc) is 2.91. The SMILES string of the molecule is CN=C(NC)NCC1(N2CCSCC2)CCCC1.I. The number of rotatable bonds is 3. The molecular weight excluding hydrogens is 371 g/mol. The van der Waals surface area contributed by atoms with E-state index in [9.17, 15) is 0 Å². The summed E-state index contributed by atoms with van der Waals surface area (Å²) in [5.41, 5.74) is 0.383. The molecule has 0 aromatic heterocycles. The Labute approximate surface area is 138 Å². The summed E-state index contributed by atoms with van der Waals surface area (Å²) in [6.07, 6.45) is 5.43. The summed E-state index contributed by atoms with van der Waals surface area (Å²) in [5, 5.41) is 6.60. The van der Waals surface area contributed by atoms with E-state index in [0.717, 1.165) is 12.5 Å². The van der Waals surface area contributed by atoms with Crippen molar-refractivity contribution in [2.24, 2.45) is 4.99 Å². The van der Waals surface area contributed by atoms with Gasteiger partial charge in [-0.15, -0.1) is 24.0 Å². The molecule has 6 heteroatoms. The second-order valence-corrected chi connectivity index (χ2v) is 6.43. The van der Waals surface area contributed by atoms with Crippen LogP contribution >= 0.6 is 35.7 Å². The molecule has 2 aliphatic rings. The van der Waals surface area contributed by atoms with Crippen LogP contribution in [0.4, 0.5) is 0 Å². The molecule has 0 bridgehead atoms. The van der Waals surface area contributed by atoms with E-state index in [0.29, 0.717) is 5.54 Å². The number of hydrogen-bond donors (Lipinski definition) is 2. The third kappa shape index (κ3) is 4.39. The molecule has 0 aromatic rings. The van der Waals surface area contributed by atoms with Gasteiger partial charge >= 0.3 is 0 Å². The molecule has 19 heavy (non-hydrogen) atoms. The van der Waals surface area contributed by atoms with Gasteiger partial charge in [-0.3, -0.25) is 9.89 Å². The summed E-state index contributed by atoms with van der Waals surface area (Å²) < 4.78 is 0.